The van der Waals surface area contributed by atoms with Gasteiger partial charge in [-0.05, 0) is 29.8 Å². The van der Waals surface area contributed by atoms with Gasteiger partial charge in [0.15, 0.2) is 0 Å². The molecule has 2 N–H and O–H groups in total. The van der Waals surface area contributed by atoms with Crippen LogP contribution in [-0.2, 0) is 0 Å². The molecule has 2 aromatic carbocycles. The van der Waals surface area contributed by atoms with Gasteiger partial charge < -0.3 is 10.5 Å². The van der Waals surface area contributed by atoms with E-state index in [-0.39, 0.29) is 18.4 Å². The third kappa shape index (κ3) is 3.62. The van der Waals surface area contributed by atoms with E-state index in [1.807, 2.05) is 54.6 Å². The highest BCUT2D eigenvalue weighted by atomic mass is 35.5. The van der Waals surface area contributed by atoms with Gasteiger partial charge in [-0.1, -0.05) is 36.4 Å². The number of halogens is 1. The van der Waals surface area contributed by atoms with Gasteiger partial charge in [-0.25, -0.2) is 0 Å². The molecular weight excluding hydrogens is 246 g/mol. The van der Waals surface area contributed by atoms with Gasteiger partial charge in [0.25, 0.3) is 0 Å². The Hall–Kier alpha value is -1.77. The molecule has 2 rings (SSSR count). The molecule has 2 nitrogen and oxygen atoms in total. The average molecular weight is 262 g/mol. The number of para-hydroxylation sites is 1. The maximum Gasteiger partial charge on any atom is 0.127 e. The van der Waals surface area contributed by atoms with Crippen molar-refractivity contribution in [2.24, 2.45) is 5.73 Å². The minimum Gasteiger partial charge on any atom is -0.457 e. The summed E-state index contributed by atoms with van der Waals surface area (Å²) in [5.41, 5.74) is 6.87. The van der Waals surface area contributed by atoms with Crippen LogP contribution < -0.4 is 10.5 Å². The average Bonchev–Trinajstić information content (AvgIpc) is 2.40. The number of hydrogen-bond donors (Lipinski definition) is 1. The summed E-state index contributed by atoms with van der Waals surface area (Å²) in [6.07, 6.45) is 1.72. The minimum absolute atomic E-state index is 0. The summed E-state index contributed by atoms with van der Waals surface area (Å²) in [7, 11) is 0. The SMILES string of the molecule is C=C[C@H](N)c1ccc(Oc2ccccc2)cc1.Cl. The predicted octanol–water partition coefficient (Wildman–Crippen LogP) is 4.09. The predicted molar refractivity (Wildman–Crippen MR) is 77.3 cm³/mol. The number of rotatable bonds is 4. The largest absolute Gasteiger partial charge is 0.457 e. The van der Waals surface area contributed by atoms with Crippen molar-refractivity contribution < 1.29 is 4.74 Å². The molecule has 18 heavy (non-hydrogen) atoms. The Balaban J connectivity index is 0.00000162. The van der Waals surface area contributed by atoms with E-state index in [2.05, 4.69) is 6.58 Å². The van der Waals surface area contributed by atoms with Crippen LogP contribution in [0.2, 0.25) is 0 Å². The van der Waals surface area contributed by atoms with Gasteiger partial charge in [0, 0.05) is 6.04 Å². The van der Waals surface area contributed by atoms with Crippen LogP contribution in [0.4, 0.5) is 0 Å². The molecule has 0 heterocycles. The summed E-state index contributed by atoms with van der Waals surface area (Å²) in [4.78, 5) is 0. The Bertz CT molecular complexity index is 482. The van der Waals surface area contributed by atoms with Crippen LogP contribution in [0.25, 0.3) is 0 Å². The van der Waals surface area contributed by atoms with E-state index in [0.717, 1.165) is 17.1 Å². The van der Waals surface area contributed by atoms with E-state index >= 15 is 0 Å². The standard InChI is InChI=1S/C15H15NO.ClH/c1-2-15(16)12-8-10-14(11-9-12)17-13-6-4-3-5-7-13;/h2-11,15H,1,16H2;1H/t15-;/m0./s1. The molecule has 0 saturated heterocycles. The summed E-state index contributed by atoms with van der Waals surface area (Å²) in [6, 6.07) is 17.3. The molecule has 0 aliphatic carbocycles. The fourth-order valence-corrected chi connectivity index (χ4v) is 1.52. The number of ether oxygens (including phenoxy) is 1. The molecule has 0 aliphatic heterocycles. The Kier molecular flexibility index (Phi) is 5.43. The van der Waals surface area contributed by atoms with Crippen molar-refractivity contribution in [3.63, 3.8) is 0 Å². The Labute approximate surface area is 114 Å². The van der Waals surface area contributed by atoms with Gasteiger partial charge in [-0.2, -0.15) is 0 Å². The van der Waals surface area contributed by atoms with Crippen molar-refractivity contribution in [3.8, 4) is 11.5 Å². The van der Waals surface area contributed by atoms with Crippen LogP contribution in [0.3, 0.4) is 0 Å². The third-order valence-electron chi connectivity index (χ3n) is 2.50. The lowest BCUT2D eigenvalue weighted by Crippen LogP contribution is -2.05. The van der Waals surface area contributed by atoms with Crippen LogP contribution in [0, 0.1) is 0 Å². The quantitative estimate of drug-likeness (QED) is 0.842. The first kappa shape index (κ1) is 14.3. The zero-order chi connectivity index (χ0) is 12.1. The lowest BCUT2D eigenvalue weighted by Gasteiger charge is -2.09. The van der Waals surface area contributed by atoms with E-state index in [1.165, 1.54) is 0 Å². The van der Waals surface area contributed by atoms with Crippen molar-refractivity contribution in [1.29, 1.82) is 0 Å². The Morgan fingerprint density at radius 1 is 0.944 bits per heavy atom. The highest BCUT2D eigenvalue weighted by molar-refractivity contribution is 5.85. The first-order chi connectivity index (χ1) is 8.29. The second-order valence-electron chi connectivity index (χ2n) is 3.75. The maximum atomic E-state index is 5.84. The first-order valence-electron chi connectivity index (χ1n) is 5.50. The zero-order valence-corrected chi connectivity index (χ0v) is 10.8. The summed E-state index contributed by atoms with van der Waals surface area (Å²) >= 11 is 0. The molecule has 0 spiro atoms. The Morgan fingerprint density at radius 2 is 1.50 bits per heavy atom. The van der Waals surface area contributed by atoms with Crippen molar-refractivity contribution >= 4 is 12.4 Å². The zero-order valence-electron chi connectivity index (χ0n) is 9.95. The first-order valence-corrected chi connectivity index (χ1v) is 5.50. The van der Waals surface area contributed by atoms with E-state index in [0.29, 0.717) is 0 Å². The summed E-state index contributed by atoms with van der Waals surface area (Å²) < 4.78 is 5.68. The van der Waals surface area contributed by atoms with Crippen molar-refractivity contribution in [1.82, 2.24) is 0 Å². The van der Waals surface area contributed by atoms with Gasteiger partial charge in [0.05, 0.1) is 0 Å². The smallest absolute Gasteiger partial charge is 0.127 e. The molecule has 0 saturated carbocycles. The Morgan fingerprint density at radius 3 is 2.06 bits per heavy atom. The molecule has 0 fully saturated rings. The third-order valence-corrected chi connectivity index (χ3v) is 2.50. The maximum absolute atomic E-state index is 5.84. The fourth-order valence-electron chi connectivity index (χ4n) is 1.52. The normalized spacial score (nSPS) is 11.2. The lowest BCUT2D eigenvalue weighted by atomic mass is 10.1. The molecule has 0 amide bonds. The van der Waals surface area contributed by atoms with E-state index in [1.54, 1.807) is 6.08 Å². The van der Waals surface area contributed by atoms with Gasteiger partial charge in [-0.15, -0.1) is 19.0 Å². The molecular formula is C15H16ClNO. The van der Waals surface area contributed by atoms with Crippen LogP contribution in [-0.4, -0.2) is 0 Å². The number of nitrogens with two attached hydrogens (primary N) is 1. The molecule has 94 valence electrons. The van der Waals surface area contributed by atoms with Gasteiger partial charge in [-0.3, -0.25) is 0 Å². The molecule has 0 bridgehead atoms. The highest BCUT2D eigenvalue weighted by Crippen LogP contribution is 2.22. The monoisotopic (exact) mass is 261 g/mol. The molecule has 0 aliphatic rings. The number of benzene rings is 2. The van der Waals surface area contributed by atoms with Crippen LogP contribution in [0.5, 0.6) is 11.5 Å². The van der Waals surface area contributed by atoms with Crippen LogP contribution >= 0.6 is 12.4 Å². The minimum atomic E-state index is -0.124. The molecule has 0 radical (unpaired) electrons. The summed E-state index contributed by atoms with van der Waals surface area (Å²) in [5.74, 6) is 1.63. The molecule has 1 atom stereocenters. The number of hydrogen-bond acceptors (Lipinski definition) is 2. The summed E-state index contributed by atoms with van der Waals surface area (Å²) in [6.45, 7) is 3.67. The molecule has 0 aromatic heterocycles. The lowest BCUT2D eigenvalue weighted by molar-refractivity contribution is 0.482. The second kappa shape index (κ2) is 6.84. The van der Waals surface area contributed by atoms with Crippen molar-refractivity contribution in [2.75, 3.05) is 0 Å². The van der Waals surface area contributed by atoms with Crippen molar-refractivity contribution in [3.05, 3.63) is 72.8 Å². The van der Waals surface area contributed by atoms with E-state index < -0.39 is 0 Å². The van der Waals surface area contributed by atoms with Crippen molar-refractivity contribution in [2.45, 2.75) is 6.04 Å². The van der Waals surface area contributed by atoms with Crippen LogP contribution in [0.1, 0.15) is 11.6 Å². The second-order valence-corrected chi connectivity index (χ2v) is 3.75. The van der Waals surface area contributed by atoms with Gasteiger partial charge in [0.1, 0.15) is 11.5 Å². The van der Waals surface area contributed by atoms with E-state index in [4.69, 9.17) is 10.5 Å². The van der Waals surface area contributed by atoms with Gasteiger partial charge in [0.2, 0.25) is 0 Å². The topological polar surface area (TPSA) is 35.2 Å². The molecule has 2 aromatic rings. The molecule has 3 heteroatoms. The van der Waals surface area contributed by atoms with Gasteiger partial charge >= 0.3 is 0 Å². The van der Waals surface area contributed by atoms with E-state index in [9.17, 15) is 0 Å². The summed E-state index contributed by atoms with van der Waals surface area (Å²) in [5, 5.41) is 0. The van der Waals surface area contributed by atoms with Crippen LogP contribution in [0.15, 0.2) is 67.3 Å². The highest BCUT2D eigenvalue weighted by Gasteiger charge is 2.01. The molecule has 0 unspecified atom stereocenters. The fraction of sp³-hybridized carbons (Fsp3) is 0.0667.